The van der Waals surface area contributed by atoms with Crippen molar-refractivity contribution in [1.82, 2.24) is 34.4 Å². The first-order valence-electron chi connectivity index (χ1n) is 12.5. The molecule has 0 unspecified atom stereocenters. The van der Waals surface area contributed by atoms with Gasteiger partial charge in [0.25, 0.3) is 5.56 Å². The number of fused-ring (bicyclic) bond motifs is 2. The Hall–Kier alpha value is -3.61. The monoisotopic (exact) mass is 536 g/mol. The van der Waals surface area contributed by atoms with Crippen LogP contribution in [-0.2, 0) is 34.9 Å². The number of sulfonamides is 1. The van der Waals surface area contributed by atoms with E-state index in [0.29, 0.717) is 22.7 Å². The number of anilines is 2. The van der Waals surface area contributed by atoms with Crippen molar-refractivity contribution in [3.05, 3.63) is 69.9 Å². The highest BCUT2D eigenvalue weighted by Crippen LogP contribution is 2.25. The normalized spacial score (nSPS) is 14.0. The molecule has 0 bridgehead atoms. The van der Waals surface area contributed by atoms with Gasteiger partial charge in [0.05, 0.1) is 18.0 Å². The molecule has 3 aromatic heterocycles. The number of benzene rings is 1. The zero-order chi connectivity index (χ0) is 27.1. The molecular weight excluding hydrogens is 504 g/mol. The van der Waals surface area contributed by atoms with Gasteiger partial charge >= 0.3 is 0 Å². The van der Waals surface area contributed by atoms with Crippen LogP contribution in [-0.4, -0.2) is 52.1 Å². The van der Waals surface area contributed by atoms with Gasteiger partial charge in [0, 0.05) is 35.7 Å². The standard InChI is InChI=1S/C26H32N8O3S/c1-26(2,3)22-14-20(8-10-29-22)34-23-21(24(35)33(34)11-12-38(36,37)27-4)16-30-25(32-23)31-19-6-5-18-15-28-9-7-17(18)13-19/h5-6,8,10,13-14,16,27-28H,7,9,11-12,15H2,1-4H3,(H,30,31,32). The number of aromatic nitrogens is 5. The average Bonchev–Trinajstić information content (AvgIpc) is 3.17. The van der Waals surface area contributed by atoms with Gasteiger partial charge in [-0.05, 0) is 55.4 Å². The third-order valence-electron chi connectivity index (χ3n) is 6.66. The summed E-state index contributed by atoms with van der Waals surface area (Å²) in [6.45, 7) is 7.89. The highest BCUT2D eigenvalue weighted by molar-refractivity contribution is 7.89. The minimum Gasteiger partial charge on any atom is -0.324 e. The van der Waals surface area contributed by atoms with Crippen molar-refractivity contribution in [3.8, 4) is 5.69 Å². The highest BCUT2D eigenvalue weighted by Gasteiger charge is 2.22. The molecule has 0 radical (unpaired) electrons. The molecule has 3 N–H and O–H groups in total. The predicted molar refractivity (Wildman–Crippen MR) is 148 cm³/mol. The van der Waals surface area contributed by atoms with Gasteiger partial charge in [-0.2, -0.15) is 4.98 Å². The molecule has 4 aromatic rings. The second-order valence-electron chi connectivity index (χ2n) is 10.4. The minimum absolute atomic E-state index is 0.0623. The van der Waals surface area contributed by atoms with E-state index in [9.17, 15) is 13.2 Å². The lowest BCUT2D eigenvalue weighted by atomic mass is 9.91. The third kappa shape index (κ3) is 5.19. The number of rotatable bonds is 7. The molecule has 0 saturated carbocycles. The predicted octanol–water partition coefficient (Wildman–Crippen LogP) is 2.21. The molecule has 0 saturated heterocycles. The van der Waals surface area contributed by atoms with Crippen LogP contribution in [0.25, 0.3) is 16.7 Å². The second kappa shape index (κ2) is 9.93. The fourth-order valence-electron chi connectivity index (χ4n) is 4.51. The van der Waals surface area contributed by atoms with Crippen molar-refractivity contribution in [2.45, 2.75) is 45.7 Å². The number of nitrogens with zero attached hydrogens (tertiary/aromatic N) is 5. The highest BCUT2D eigenvalue weighted by atomic mass is 32.2. The molecular formula is C26H32N8O3S. The van der Waals surface area contributed by atoms with E-state index in [4.69, 9.17) is 4.98 Å². The zero-order valence-electron chi connectivity index (χ0n) is 21.9. The summed E-state index contributed by atoms with van der Waals surface area (Å²) in [4.78, 5) is 27.1. The van der Waals surface area contributed by atoms with Gasteiger partial charge in [0.2, 0.25) is 16.0 Å². The SMILES string of the molecule is CNS(=O)(=O)CCn1c(=O)c2cnc(Nc3ccc4c(c3)CCNC4)nc2n1-c1ccnc(C(C)(C)C)c1. The number of hydrogen-bond acceptors (Lipinski definition) is 8. The summed E-state index contributed by atoms with van der Waals surface area (Å²) in [7, 11) is -2.19. The third-order valence-corrected chi connectivity index (χ3v) is 8.01. The first kappa shape index (κ1) is 26.0. The van der Waals surface area contributed by atoms with Gasteiger partial charge in [-0.1, -0.05) is 26.8 Å². The summed E-state index contributed by atoms with van der Waals surface area (Å²) in [5, 5.41) is 6.93. The van der Waals surface area contributed by atoms with Crippen LogP contribution < -0.4 is 20.9 Å². The van der Waals surface area contributed by atoms with Gasteiger partial charge < -0.3 is 10.6 Å². The van der Waals surface area contributed by atoms with Crippen molar-refractivity contribution >= 4 is 32.7 Å². The smallest absolute Gasteiger partial charge is 0.278 e. The maximum atomic E-state index is 13.4. The zero-order valence-corrected chi connectivity index (χ0v) is 22.8. The molecule has 1 aliphatic rings. The van der Waals surface area contributed by atoms with Gasteiger partial charge in [0.15, 0.2) is 5.65 Å². The lowest BCUT2D eigenvalue weighted by molar-refractivity contribution is 0.544. The lowest BCUT2D eigenvalue weighted by Crippen LogP contribution is -2.30. The summed E-state index contributed by atoms with van der Waals surface area (Å²) >= 11 is 0. The topological polar surface area (TPSA) is 136 Å². The van der Waals surface area contributed by atoms with Crippen molar-refractivity contribution in [2.75, 3.05) is 24.7 Å². The minimum atomic E-state index is -3.55. The van der Waals surface area contributed by atoms with E-state index in [1.54, 1.807) is 16.9 Å². The Kier molecular flexibility index (Phi) is 6.80. The van der Waals surface area contributed by atoms with Crippen LogP contribution >= 0.6 is 0 Å². The van der Waals surface area contributed by atoms with Crippen LogP contribution in [0.4, 0.5) is 11.6 Å². The number of pyridine rings is 1. The number of nitrogens with one attached hydrogen (secondary N) is 3. The van der Waals surface area contributed by atoms with Crippen LogP contribution in [0.5, 0.6) is 0 Å². The molecule has 0 aliphatic carbocycles. The number of hydrogen-bond donors (Lipinski definition) is 3. The van der Waals surface area contributed by atoms with Gasteiger partial charge in [-0.25, -0.2) is 27.5 Å². The molecule has 1 aliphatic heterocycles. The Morgan fingerprint density at radius 1 is 1.11 bits per heavy atom. The quantitative estimate of drug-likeness (QED) is 0.327. The van der Waals surface area contributed by atoms with Crippen molar-refractivity contribution in [3.63, 3.8) is 0 Å². The molecule has 12 heteroatoms. The van der Waals surface area contributed by atoms with Crippen LogP contribution in [0.3, 0.4) is 0 Å². The van der Waals surface area contributed by atoms with E-state index in [1.165, 1.54) is 29.1 Å². The summed E-state index contributed by atoms with van der Waals surface area (Å²) in [6, 6.07) is 9.85. The van der Waals surface area contributed by atoms with Crippen LogP contribution in [0.2, 0.25) is 0 Å². The van der Waals surface area contributed by atoms with E-state index in [0.717, 1.165) is 30.9 Å². The molecule has 1 aromatic carbocycles. The van der Waals surface area contributed by atoms with Gasteiger partial charge in [-0.15, -0.1) is 0 Å². The molecule has 38 heavy (non-hydrogen) atoms. The Morgan fingerprint density at radius 2 is 1.92 bits per heavy atom. The van der Waals surface area contributed by atoms with Gasteiger partial charge in [0.1, 0.15) is 5.39 Å². The fraction of sp³-hybridized carbons (Fsp3) is 0.385. The lowest BCUT2D eigenvalue weighted by Gasteiger charge is -2.19. The molecule has 11 nitrogen and oxygen atoms in total. The molecule has 200 valence electrons. The maximum Gasteiger partial charge on any atom is 0.278 e. The molecule has 0 fully saturated rings. The molecule has 0 atom stereocenters. The Balaban J connectivity index is 1.62. The van der Waals surface area contributed by atoms with E-state index < -0.39 is 10.0 Å². The van der Waals surface area contributed by atoms with E-state index in [2.05, 4.69) is 58.2 Å². The molecule has 4 heterocycles. The maximum absolute atomic E-state index is 13.4. The summed E-state index contributed by atoms with van der Waals surface area (Å²) in [6.07, 6.45) is 4.12. The largest absolute Gasteiger partial charge is 0.324 e. The summed E-state index contributed by atoms with van der Waals surface area (Å²) < 4.78 is 29.8. The van der Waals surface area contributed by atoms with E-state index >= 15 is 0 Å². The van der Waals surface area contributed by atoms with Crippen LogP contribution in [0.15, 0.2) is 47.5 Å². The summed E-state index contributed by atoms with van der Waals surface area (Å²) in [5.41, 5.74) is 4.67. The average molecular weight is 537 g/mol. The molecule has 0 spiro atoms. The summed E-state index contributed by atoms with van der Waals surface area (Å²) in [5.74, 6) is 0.0738. The molecule has 0 amide bonds. The van der Waals surface area contributed by atoms with Crippen molar-refractivity contribution in [1.29, 1.82) is 0 Å². The van der Waals surface area contributed by atoms with Gasteiger partial charge in [-0.3, -0.25) is 9.78 Å². The van der Waals surface area contributed by atoms with Crippen molar-refractivity contribution < 1.29 is 8.42 Å². The second-order valence-corrected chi connectivity index (χ2v) is 12.4. The van der Waals surface area contributed by atoms with E-state index in [-0.39, 0.29) is 23.3 Å². The molecule has 5 rings (SSSR count). The Labute approximate surface area is 221 Å². The fourth-order valence-corrected chi connectivity index (χ4v) is 5.12. The first-order valence-corrected chi connectivity index (χ1v) is 14.2. The Morgan fingerprint density at radius 3 is 2.68 bits per heavy atom. The van der Waals surface area contributed by atoms with Crippen LogP contribution in [0.1, 0.15) is 37.6 Å². The Bertz CT molecular complexity index is 1670. The van der Waals surface area contributed by atoms with Crippen molar-refractivity contribution in [2.24, 2.45) is 0 Å². The first-order chi connectivity index (χ1) is 18.1. The van der Waals surface area contributed by atoms with Crippen LogP contribution in [0, 0.1) is 0 Å². The van der Waals surface area contributed by atoms with E-state index in [1.807, 2.05) is 12.1 Å².